The molecule has 0 spiro atoms. The van der Waals surface area contributed by atoms with E-state index in [-0.39, 0.29) is 11.5 Å². The fraction of sp³-hybridized carbons (Fsp3) is 0.292. The number of nitrogens with zero attached hydrogens (tertiary/aromatic N) is 3. The molecule has 2 aromatic heterocycles. The number of piperidine rings is 1. The second-order valence-electron chi connectivity index (χ2n) is 8.50. The van der Waals surface area contributed by atoms with Crippen molar-refractivity contribution in [2.24, 2.45) is 5.92 Å². The Morgan fingerprint density at radius 1 is 1.10 bits per heavy atom. The fourth-order valence-corrected chi connectivity index (χ4v) is 4.88. The van der Waals surface area contributed by atoms with Gasteiger partial charge in [-0.1, -0.05) is 12.1 Å². The Hall–Kier alpha value is -3.61. The standard InChI is InChI=1S/C24H25N5O2/c1-15-4-2-6-22(26-15)27-24(31)17-8-9-21(19(25)11-17)28-12-16-10-18(14-28)20-5-3-7-23(30)29(20)13-16/h2-9,11,16,18H,10,12-14,25H2,1H3,(H,26,27,31). The van der Waals surface area contributed by atoms with Crippen molar-refractivity contribution < 1.29 is 4.79 Å². The van der Waals surface area contributed by atoms with Crippen LogP contribution in [0.4, 0.5) is 17.2 Å². The minimum atomic E-state index is -0.236. The number of rotatable bonds is 3. The maximum absolute atomic E-state index is 12.6. The maximum atomic E-state index is 12.6. The highest BCUT2D eigenvalue weighted by molar-refractivity contribution is 6.04. The number of amides is 1. The zero-order valence-corrected chi connectivity index (χ0v) is 17.4. The predicted octanol–water partition coefficient (Wildman–Crippen LogP) is 3.01. The second kappa shape index (κ2) is 7.58. The van der Waals surface area contributed by atoms with Crippen LogP contribution in [0.25, 0.3) is 0 Å². The first kappa shape index (κ1) is 19.4. The monoisotopic (exact) mass is 415 g/mol. The third kappa shape index (κ3) is 3.67. The van der Waals surface area contributed by atoms with Crippen molar-refractivity contribution in [1.82, 2.24) is 9.55 Å². The summed E-state index contributed by atoms with van der Waals surface area (Å²) in [4.78, 5) is 31.5. The number of carbonyl (C=O) groups excluding carboxylic acids is 1. The van der Waals surface area contributed by atoms with E-state index in [0.29, 0.717) is 28.9 Å². The Labute approximate surface area is 180 Å². The van der Waals surface area contributed by atoms with Gasteiger partial charge in [-0.3, -0.25) is 9.59 Å². The zero-order valence-electron chi connectivity index (χ0n) is 17.4. The molecular weight excluding hydrogens is 390 g/mol. The van der Waals surface area contributed by atoms with Crippen LogP contribution in [0.5, 0.6) is 0 Å². The number of hydrogen-bond acceptors (Lipinski definition) is 5. The zero-order chi connectivity index (χ0) is 21.5. The van der Waals surface area contributed by atoms with Gasteiger partial charge < -0.3 is 20.5 Å². The lowest BCUT2D eigenvalue weighted by Gasteiger charge is -2.44. The molecule has 2 bridgehead atoms. The van der Waals surface area contributed by atoms with Crippen LogP contribution in [-0.2, 0) is 6.54 Å². The van der Waals surface area contributed by atoms with Crippen molar-refractivity contribution in [2.45, 2.75) is 25.8 Å². The molecule has 2 atom stereocenters. The van der Waals surface area contributed by atoms with Crippen molar-refractivity contribution in [1.29, 1.82) is 0 Å². The van der Waals surface area contributed by atoms with E-state index >= 15 is 0 Å². The highest BCUT2D eigenvalue weighted by Gasteiger charge is 2.35. The molecule has 0 saturated carbocycles. The van der Waals surface area contributed by atoms with Crippen LogP contribution >= 0.6 is 0 Å². The van der Waals surface area contributed by atoms with Crippen LogP contribution in [0.1, 0.15) is 34.1 Å². The fourth-order valence-electron chi connectivity index (χ4n) is 4.88. The average molecular weight is 415 g/mol. The van der Waals surface area contributed by atoms with E-state index < -0.39 is 0 Å². The van der Waals surface area contributed by atoms with Crippen LogP contribution in [0.15, 0.2) is 59.4 Å². The second-order valence-corrected chi connectivity index (χ2v) is 8.50. The Balaban J connectivity index is 1.36. The molecule has 7 heteroatoms. The van der Waals surface area contributed by atoms with Crippen molar-refractivity contribution in [3.63, 3.8) is 0 Å². The molecule has 1 saturated heterocycles. The van der Waals surface area contributed by atoms with Crippen LogP contribution in [0, 0.1) is 12.8 Å². The average Bonchev–Trinajstić information content (AvgIpc) is 2.74. The van der Waals surface area contributed by atoms with Crippen LogP contribution in [0.3, 0.4) is 0 Å². The summed E-state index contributed by atoms with van der Waals surface area (Å²) in [5.41, 5.74) is 10.4. The number of nitrogens with one attached hydrogen (secondary N) is 1. The van der Waals surface area contributed by atoms with E-state index in [1.165, 1.54) is 0 Å². The van der Waals surface area contributed by atoms with Gasteiger partial charge in [-0.25, -0.2) is 4.98 Å². The quantitative estimate of drug-likeness (QED) is 0.642. The molecule has 2 aliphatic heterocycles. The summed E-state index contributed by atoms with van der Waals surface area (Å²) < 4.78 is 1.92. The molecule has 2 unspecified atom stereocenters. The van der Waals surface area contributed by atoms with Crippen molar-refractivity contribution in [3.8, 4) is 0 Å². The summed E-state index contributed by atoms with van der Waals surface area (Å²) in [6.45, 7) is 4.28. The topological polar surface area (TPSA) is 93.2 Å². The largest absolute Gasteiger partial charge is 0.397 e. The highest BCUT2D eigenvalue weighted by Crippen LogP contribution is 2.38. The van der Waals surface area contributed by atoms with Crippen LogP contribution in [-0.4, -0.2) is 28.5 Å². The first-order valence-electron chi connectivity index (χ1n) is 10.6. The lowest BCUT2D eigenvalue weighted by atomic mass is 9.83. The summed E-state index contributed by atoms with van der Waals surface area (Å²) in [5, 5.41) is 2.82. The van der Waals surface area contributed by atoms with Gasteiger partial charge in [0, 0.05) is 48.6 Å². The number of aromatic nitrogens is 2. The van der Waals surface area contributed by atoms with E-state index in [9.17, 15) is 9.59 Å². The van der Waals surface area contributed by atoms with Crippen molar-refractivity contribution in [3.05, 3.63) is 81.9 Å². The Kier molecular flexibility index (Phi) is 4.73. The van der Waals surface area contributed by atoms with Gasteiger partial charge in [0.2, 0.25) is 0 Å². The van der Waals surface area contributed by atoms with Crippen LogP contribution < -0.4 is 21.5 Å². The predicted molar refractivity (Wildman–Crippen MR) is 122 cm³/mol. The number of anilines is 3. The molecule has 2 aliphatic rings. The molecule has 5 rings (SSSR count). The molecular formula is C24H25N5O2. The normalized spacial score (nSPS) is 19.6. The SMILES string of the molecule is Cc1cccc(NC(=O)c2ccc(N3CC4CC(C3)c3cccc(=O)n3C4)c(N)c2)n1. The molecule has 3 aromatic rings. The van der Waals surface area contributed by atoms with E-state index in [1.807, 2.05) is 35.8 Å². The molecule has 3 N–H and O–H groups in total. The molecule has 0 aliphatic carbocycles. The number of carbonyl (C=O) groups is 1. The third-order valence-corrected chi connectivity index (χ3v) is 6.24. The Morgan fingerprint density at radius 2 is 1.94 bits per heavy atom. The van der Waals surface area contributed by atoms with Gasteiger partial charge in [0.1, 0.15) is 5.82 Å². The number of benzene rings is 1. The maximum Gasteiger partial charge on any atom is 0.256 e. The highest BCUT2D eigenvalue weighted by atomic mass is 16.1. The van der Waals surface area contributed by atoms with Gasteiger partial charge in [0.15, 0.2) is 0 Å². The molecule has 7 nitrogen and oxygen atoms in total. The van der Waals surface area contributed by atoms with E-state index in [2.05, 4.69) is 21.3 Å². The van der Waals surface area contributed by atoms with Gasteiger partial charge in [-0.15, -0.1) is 0 Å². The number of nitrogen functional groups attached to an aromatic ring is 1. The van der Waals surface area contributed by atoms with Crippen LogP contribution in [0.2, 0.25) is 0 Å². The Morgan fingerprint density at radius 3 is 2.74 bits per heavy atom. The molecule has 1 aromatic carbocycles. The summed E-state index contributed by atoms with van der Waals surface area (Å²) >= 11 is 0. The molecule has 1 fully saturated rings. The summed E-state index contributed by atoms with van der Waals surface area (Å²) in [6, 6.07) is 16.5. The molecule has 4 heterocycles. The summed E-state index contributed by atoms with van der Waals surface area (Å²) in [6.07, 6.45) is 1.09. The number of hydrogen-bond donors (Lipinski definition) is 2. The van der Waals surface area contributed by atoms with E-state index in [0.717, 1.165) is 43.1 Å². The van der Waals surface area contributed by atoms with Gasteiger partial charge in [-0.05, 0) is 55.7 Å². The summed E-state index contributed by atoms with van der Waals surface area (Å²) in [5.74, 6) is 0.989. The van der Waals surface area contributed by atoms with Gasteiger partial charge in [-0.2, -0.15) is 0 Å². The van der Waals surface area contributed by atoms with Gasteiger partial charge >= 0.3 is 0 Å². The molecule has 1 amide bonds. The molecule has 0 radical (unpaired) electrons. The first-order valence-corrected chi connectivity index (χ1v) is 10.6. The summed E-state index contributed by atoms with van der Waals surface area (Å²) in [7, 11) is 0. The lowest BCUT2D eigenvalue weighted by Crippen LogP contribution is -2.47. The smallest absolute Gasteiger partial charge is 0.256 e. The van der Waals surface area contributed by atoms with Gasteiger partial charge in [0.05, 0.1) is 11.4 Å². The van der Waals surface area contributed by atoms with E-state index in [4.69, 9.17) is 5.73 Å². The molecule has 31 heavy (non-hydrogen) atoms. The first-order chi connectivity index (χ1) is 15.0. The van der Waals surface area contributed by atoms with Crippen molar-refractivity contribution >= 4 is 23.1 Å². The number of aryl methyl sites for hydroxylation is 1. The van der Waals surface area contributed by atoms with E-state index in [1.54, 1.807) is 24.3 Å². The minimum Gasteiger partial charge on any atom is -0.397 e. The minimum absolute atomic E-state index is 0.0821. The number of nitrogens with two attached hydrogens (primary N) is 1. The number of pyridine rings is 2. The lowest BCUT2D eigenvalue weighted by molar-refractivity contribution is 0.102. The number of fused-ring (bicyclic) bond motifs is 4. The Bertz CT molecular complexity index is 1220. The third-order valence-electron chi connectivity index (χ3n) is 6.24. The van der Waals surface area contributed by atoms with Gasteiger partial charge in [0.25, 0.3) is 11.5 Å². The molecule has 158 valence electrons. The van der Waals surface area contributed by atoms with Crippen molar-refractivity contribution in [2.75, 3.05) is 29.0 Å².